The van der Waals surface area contributed by atoms with Crippen molar-refractivity contribution in [3.05, 3.63) is 16.7 Å². The van der Waals surface area contributed by atoms with Crippen LogP contribution in [0.2, 0.25) is 0 Å². The molecule has 17 heavy (non-hydrogen) atoms. The lowest BCUT2D eigenvalue weighted by Crippen LogP contribution is -2.25. The molecule has 1 aliphatic heterocycles. The van der Waals surface area contributed by atoms with Gasteiger partial charge in [0.1, 0.15) is 5.69 Å². The molecule has 1 amide bonds. The van der Waals surface area contributed by atoms with Crippen molar-refractivity contribution in [2.75, 3.05) is 23.9 Å². The molecule has 0 spiro atoms. The van der Waals surface area contributed by atoms with Gasteiger partial charge < -0.3 is 9.64 Å². The Morgan fingerprint density at radius 1 is 1.65 bits per heavy atom. The molecular weight excluding hydrogens is 352 g/mol. The van der Waals surface area contributed by atoms with Gasteiger partial charge in [-0.3, -0.25) is 4.79 Å². The zero-order valence-corrected chi connectivity index (χ0v) is 12.5. The van der Waals surface area contributed by atoms with Crippen molar-refractivity contribution in [2.24, 2.45) is 5.92 Å². The second kappa shape index (κ2) is 5.35. The quantitative estimate of drug-likeness (QED) is 0.775. The first-order valence-electron chi connectivity index (χ1n) is 5.21. The number of halogens is 2. The Morgan fingerprint density at radius 2 is 2.41 bits per heavy atom. The summed E-state index contributed by atoms with van der Waals surface area (Å²) in [6.45, 7) is 0.707. The maximum absolute atomic E-state index is 11.9. The van der Waals surface area contributed by atoms with Crippen LogP contribution in [0, 0.1) is 5.92 Å². The maximum Gasteiger partial charge on any atom is 0.237 e. The van der Waals surface area contributed by atoms with Crippen molar-refractivity contribution in [2.45, 2.75) is 6.42 Å². The number of hydrogen-bond acceptors (Lipinski definition) is 3. The molecule has 0 N–H and O–H groups in total. The molecule has 92 valence electrons. The number of amides is 1. The maximum atomic E-state index is 11.9. The smallest absolute Gasteiger partial charge is 0.237 e. The number of hydrogen-bond donors (Lipinski definition) is 0. The fraction of sp³-hybridized carbons (Fsp3) is 0.455. The molecule has 6 heteroatoms. The summed E-state index contributed by atoms with van der Waals surface area (Å²) in [4.78, 5) is 17.8. The van der Waals surface area contributed by atoms with Gasteiger partial charge in [-0.25, -0.2) is 4.98 Å². The number of pyridine rings is 1. The molecule has 2 heterocycles. The topological polar surface area (TPSA) is 42.4 Å². The van der Waals surface area contributed by atoms with Gasteiger partial charge in [0.25, 0.3) is 0 Å². The Kier molecular flexibility index (Phi) is 4.04. The number of carbonyl (C=O) groups excluding carboxylic acids is 1. The number of alkyl halides is 1. The highest BCUT2D eigenvalue weighted by molar-refractivity contribution is 9.10. The summed E-state index contributed by atoms with van der Waals surface area (Å²) >= 11 is 6.78. The molecule has 0 bridgehead atoms. The van der Waals surface area contributed by atoms with E-state index in [0.717, 1.165) is 15.5 Å². The highest BCUT2D eigenvalue weighted by Gasteiger charge is 2.31. The molecule has 1 aliphatic rings. The van der Waals surface area contributed by atoms with Crippen molar-refractivity contribution in [3.63, 3.8) is 0 Å². The fourth-order valence-corrected chi connectivity index (χ4v) is 2.64. The minimum atomic E-state index is 0.118. The monoisotopic (exact) mass is 362 g/mol. The first-order valence-corrected chi connectivity index (χ1v) is 7.13. The van der Waals surface area contributed by atoms with Crippen LogP contribution in [0.25, 0.3) is 0 Å². The van der Waals surface area contributed by atoms with Crippen molar-refractivity contribution in [1.82, 2.24) is 4.98 Å². The molecule has 4 nitrogen and oxygen atoms in total. The highest BCUT2D eigenvalue weighted by Crippen LogP contribution is 2.33. The zero-order chi connectivity index (χ0) is 12.4. The molecule has 0 radical (unpaired) electrons. The Morgan fingerprint density at radius 3 is 3.00 bits per heavy atom. The lowest BCUT2D eigenvalue weighted by molar-refractivity contribution is -0.117. The number of rotatable bonds is 3. The molecule has 1 saturated heterocycles. The fourth-order valence-electron chi connectivity index (χ4n) is 1.88. The zero-order valence-electron chi connectivity index (χ0n) is 9.32. The van der Waals surface area contributed by atoms with Crippen molar-refractivity contribution in [1.29, 1.82) is 0 Å². The third kappa shape index (κ3) is 2.63. The third-order valence-corrected chi connectivity index (χ3v) is 4.06. The SMILES string of the molecule is COc1ncc(Br)cc1N1CC(CBr)CC1=O. The van der Waals surface area contributed by atoms with E-state index >= 15 is 0 Å². The van der Waals surface area contributed by atoms with Gasteiger partial charge in [0.05, 0.1) is 7.11 Å². The van der Waals surface area contributed by atoms with Crippen LogP contribution in [0.4, 0.5) is 5.69 Å². The first kappa shape index (κ1) is 12.8. The van der Waals surface area contributed by atoms with Crippen molar-refractivity contribution in [3.8, 4) is 5.88 Å². The van der Waals surface area contributed by atoms with E-state index in [-0.39, 0.29) is 5.91 Å². The molecule has 2 rings (SSSR count). The second-order valence-electron chi connectivity index (χ2n) is 3.91. The van der Waals surface area contributed by atoms with Crippen LogP contribution in [0.1, 0.15) is 6.42 Å². The summed E-state index contributed by atoms with van der Waals surface area (Å²) in [6, 6.07) is 1.86. The van der Waals surface area contributed by atoms with Crippen LogP contribution in [0.5, 0.6) is 5.88 Å². The average Bonchev–Trinajstić information content (AvgIpc) is 2.70. The van der Waals surface area contributed by atoms with Crippen LogP contribution in [-0.4, -0.2) is 29.9 Å². The van der Waals surface area contributed by atoms with Gasteiger partial charge in [-0.15, -0.1) is 0 Å². The van der Waals surface area contributed by atoms with Gasteiger partial charge in [0.2, 0.25) is 11.8 Å². The van der Waals surface area contributed by atoms with Crippen molar-refractivity contribution >= 4 is 43.5 Å². The van der Waals surface area contributed by atoms with Gasteiger partial charge in [-0.1, -0.05) is 15.9 Å². The number of anilines is 1. The van der Waals surface area contributed by atoms with Gasteiger partial charge in [0.15, 0.2) is 0 Å². The van der Waals surface area contributed by atoms with E-state index in [4.69, 9.17) is 4.74 Å². The van der Waals surface area contributed by atoms with Gasteiger partial charge >= 0.3 is 0 Å². The predicted molar refractivity (Wildman–Crippen MR) is 72.7 cm³/mol. The Hall–Kier alpha value is -0.620. The van der Waals surface area contributed by atoms with Crippen LogP contribution in [0.3, 0.4) is 0 Å². The summed E-state index contributed by atoms with van der Waals surface area (Å²) in [5.74, 6) is 0.954. The third-order valence-electron chi connectivity index (χ3n) is 2.71. The highest BCUT2D eigenvalue weighted by atomic mass is 79.9. The van der Waals surface area contributed by atoms with E-state index in [2.05, 4.69) is 36.8 Å². The summed E-state index contributed by atoms with van der Waals surface area (Å²) < 4.78 is 6.03. The van der Waals surface area contributed by atoms with Crippen LogP contribution in [0.15, 0.2) is 16.7 Å². The minimum Gasteiger partial charge on any atom is -0.480 e. The molecule has 1 aromatic heterocycles. The second-order valence-corrected chi connectivity index (χ2v) is 5.47. The van der Waals surface area contributed by atoms with E-state index in [9.17, 15) is 4.79 Å². The number of ether oxygens (including phenoxy) is 1. The van der Waals surface area contributed by atoms with Gasteiger partial charge in [-0.05, 0) is 27.9 Å². The van der Waals surface area contributed by atoms with Crippen LogP contribution < -0.4 is 9.64 Å². The molecule has 0 saturated carbocycles. The summed E-state index contributed by atoms with van der Waals surface area (Å²) in [6.07, 6.45) is 2.23. The largest absolute Gasteiger partial charge is 0.480 e. The number of nitrogens with zero attached hydrogens (tertiary/aromatic N) is 2. The van der Waals surface area contributed by atoms with Gasteiger partial charge in [0, 0.05) is 29.0 Å². The molecule has 1 unspecified atom stereocenters. The molecule has 1 atom stereocenters. The normalized spacial score (nSPS) is 19.8. The summed E-state index contributed by atoms with van der Waals surface area (Å²) in [5, 5.41) is 0.832. The van der Waals surface area contributed by atoms with Crippen LogP contribution >= 0.6 is 31.9 Å². The van der Waals surface area contributed by atoms with Crippen molar-refractivity contribution < 1.29 is 9.53 Å². The molecule has 1 aromatic rings. The Labute approximate surface area is 117 Å². The van der Waals surface area contributed by atoms with Crippen LogP contribution in [-0.2, 0) is 4.79 Å². The summed E-state index contributed by atoms with van der Waals surface area (Å²) in [7, 11) is 1.56. The molecular formula is C11H12Br2N2O2. The Bertz CT molecular complexity index is 439. The predicted octanol–water partition coefficient (Wildman–Crippen LogP) is 2.60. The number of aromatic nitrogens is 1. The lowest BCUT2D eigenvalue weighted by Gasteiger charge is -2.18. The minimum absolute atomic E-state index is 0.118. The molecule has 0 aromatic carbocycles. The Balaban J connectivity index is 2.33. The van der Waals surface area contributed by atoms with E-state index in [1.807, 2.05) is 6.07 Å². The van der Waals surface area contributed by atoms with E-state index in [1.165, 1.54) is 0 Å². The molecule has 0 aliphatic carbocycles. The summed E-state index contributed by atoms with van der Waals surface area (Å²) in [5.41, 5.74) is 0.732. The van der Waals surface area contributed by atoms with Gasteiger partial charge in [-0.2, -0.15) is 0 Å². The number of methoxy groups -OCH3 is 1. The van der Waals surface area contributed by atoms with E-state index < -0.39 is 0 Å². The standard InChI is InChI=1S/C11H12Br2N2O2/c1-17-11-9(3-8(13)5-14-11)15-6-7(4-12)2-10(15)16/h3,5,7H,2,4,6H2,1H3. The molecule has 1 fully saturated rings. The first-order chi connectivity index (χ1) is 8.15. The van der Waals surface area contributed by atoms with E-state index in [0.29, 0.717) is 24.8 Å². The lowest BCUT2D eigenvalue weighted by atomic mass is 10.2. The van der Waals surface area contributed by atoms with E-state index in [1.54, 1.807) is 18.2 Å². The average molecular weight is 364 g/mol. The number of carbonyl (C=O) groups is 1.